The van der Waals surface area contributed by atoms with Gasteiger partial charge in [-0.05, 0) is 56.8 Å². The number of hydrogen-bond donors (Lipinski definition) is 2. The van der Waals surface area contributed by atoms with Crippen molar-refractivity contribution < 1.29 is 22.0 Å². The fraction of sp³-hybridized carbons (Fsp3) is 0.167. The summed E-state index contributed by atoms with van der Waals surface area (Å²) in [6, 6.07) is 8.57. The Morgan fingerprint density at radius 3 is 2.54 bits per heavy atom. The van der Waals surface area contributed by atoms with Gasteiger partial charge >= 0.3 is 0 Å². The summed E-state index contributed by atoms with van der Waals surface area (Å²) in [6.45, 7) is 3.32. The number of halogens is 1. The minimum absolute atomic E-state index is 0.0456. The molecular weight excluding hydrogens is 359 g/mol. The van der Waals surface area contributed by atoms with Crippen molar-refractivity contribution in [2.24, 2.45) is 0 Å². The molecule has 1 aromatic heterocycles. The van der Waals surface area contributed by atoms with E-state index in [-0.39, 0.29) is 10.7 Å². The van der Waals surface area contributed by atoms with E-state index >= 15 is 0 Å². The minimum Gasteiger partial charge on any atom is -0.451 e. The molecule has 0 radical (unpaired) electrons. The average molecular weight is 376 g/mol. The van der Waals surface area contributed by atoms with Crippen molar-refractivity contribution in [1.82, 2.24) is 4.72 Å². The molecule has 0 atom stereocenters. The summed E-state index contributed by atoms with van der Waals surface area (Å²) in [6.07, 6.45) is 0. The zero-order valence-corrected chi connectivity index (χ0v) is 15.2. The third-order valence-electron chi connectivity index (χ3n) is 4.11. The molecule has 0 aliphatic rings. The highest BCUT2D eigenvalue weighted by Crippen LogP contribution is 2.27. The lowest BCUT2D eigenvalue weighted by Crippen LogP contribution is -2.20. The molecule has 8 heteroatoms. The van der Waals surface area contributed by atoms with Gasteiger partial charge in [-0.3, -0.25) is 4.79 Å². The maximum atomic E-state index is 13.4. The van der Waals surface area contributed by atoms with Gasteiger partial charge in [-0.15, -0.1) is 0 Å². The highest BCUT2D eigenvalue weighted by atomic mass is 32.2. The van der Waals surface area contributed by atoms with Crippen LogP contribution in [0.3, 0.4) is 0 Å². The van der Waals surface area contributed by atoms with E-state index in [2.05, 4.69) is 10.0 Å². The van der Waals surface area contributed by atoms with E-state index < -0.39 is 21.7 Å². The normalized spacial score (nSPS) is 11.7. The smallest absolute Gasteiger partial charge is 0.291 e. The van der Waals surface area contributed by atoms with Crippen LogP contribution in [0.1, 0.15) is 21.7 Å². The number of fused-ring (bicyclic) bond motifs is 1. The fourth-order valence-electron chi connectivity index (χ4n) is 2.67. The van der Waals surface area contributed by atoms with Gasteiger partial charge in [0.2, 0.25) is 10.0 Å². The van der Waals surface area contributed by atoms with Crippen LogP contribution in [0, 0.1) is 19.7 Å². The number of anilines is 1. The predicted octanol–water partition coefficient (Wildman–Crippen LogP) is 3.35. The molecule has 6 nitrogen and oxygen atoms in total. The van der Waals surface area contributed by atoms with Gasteiger partial charge in [0.15, 0.2) is 5.76 Å². The van der Waals surface area contributed by atoms with Gasteiger partial charge in [0.1, 0.15) is 11.4 Å². The highest BCUT2D eigenvalue weighted by molar-refractivity contribution is 7.89. The van der Waals surface area contributed by atoms with E-state index in [0.717, 1.165) is 0 Å². The topological polar surface area (TPSA) is 88.4 Å². The summed E-state index contributed by atoms with van der Waals surface area (Å²) in [4.78, 5) is 12.6. The Balaban J connectivity index is 1.96. The first-order valence-electron chi connectivity index (χ1n) is 7.77. The lowest BCUT2D eigenvalue weighted by molar-refractivity contribution is 0.0998. The summed E-state index contributed by atoms with van der Waals surface area (Å²) in [7, 11) is -2.34. The van der Waals surface area contributed by atoms with Crippen molar-refractivity contribution in [2.75, 3.05) is 12.4 Å². The van der Waals surface area contributed by atoms with Crippen LogP contribution in [-0.2, 0) is 10.0 Å². The van der Waals surface area contributed by atoms with Crippen LogP contribution in [0.5, 0.6) is 0 Å². The number of rotatable bonds is 4. The van der Waals surface area contributed by atoms with Gasteiger partial charge in [-0.25, -0.2) is 17.5 Å². The van der Waals surface area contributed by atoms with Crippen molar-refractivity contribution in [3.05, 3.63) is 59.1 Å². The molecule has 26 heavy (non-hydrogen) atoms. The van der Waals surface area contributed by atoms with Crippen molar-refractivity contribution in [2.45, 2.75) is 18.7 Å². The van der Waals surface area contributed by atoms with Crippen molar-refractivity contribution >= 4 is 32.6 Å². The van der Waals surface area contributed by atoms with Gasteiger partial charge in [0.25, 0.3) is 5.91 Å². The lowest BCUT2D eigenvalue weighted by atomic mass is 10.1. The predicted molar refractivity (Wildman–Crippen MR) is 96.3 cm³/mol. The molecule has 3 aromatic rings. The van der Waals surface area contributed by atoms with Crippen molar-refractivity contribution in [1.29, 1.82) is 0 Å². The van der Waals surface area contributed by atoms with Crippen molar-refractivity contribution in [3.63, 3.8) is 0 Å². The lowest BCUT2D eigenvalue weighted by Gasteiger charge is -2.10. The summed E-state index contributed by atoms with van der Waals surface area (Å²) in [5.74, 6) is -0.922. The molecule has 2 N–H and O–H groups in total. The molecular formula is C18H17FN2O4S. The third-order valence-corrected chi connectivity index (χ3v) is 5.67. The molecule has 1 heterocycles. The van der Waals surface area contributed by atoms with Crippen LogP contribution in [0.4, 0.5) is 10.1 Å². The molecule has 1 amide bonds. The summed E-state index contributed by atoms with van der Waals surface area (Å²) in [5, 5.41) is 3.13. The van der Waals surface area contributed by atoms with Gasteiger partial charge in [-0.1, -0.05) is 6.07 Å². The Morgan fingerprint density at radius 2 is 1.85 bits per heavy atom. The van der Waals surface area contributed by atoms with E-state index in [1.54, 1.807) is 26.0 Å². The van der Waals surface area contributed by atoms with Gasteiger partial charge in [0, 0.05) is 16.6 Å². The molecule has 0 spiro atoms. The number of sulfonamides is 1. The average Bonchev–Trinajstić information content (AvgIpc) is 2.93. The molecule has 0 fully saturated rings. The molecule has 2 aromatic carbocycles. The molecule has 0 saturated carbocycles. The Morgan fingerprint density at radius 1 is 1.12 bits per heavy atom. The number of aryl methyl sites for hydroxylation is 2. The van der Waals surface area contributed by atoms with Crippen LogP contribution in [0.25, 0.3) is 11.0 Å². The SMILES string of the molecule is CNS(=O)(=O)c1cc(NC(=O)c2oc3ccc(F)cc3c2C)ccc1C. The molecule has 0 aliphatic heterocycles. The first-order valence-corrected chi connectivity index (χ1v) is 9.25. The molecule has 136 valence electrons. The quantitative estimate of drug-likeness (QED) is 0.731. The zero-order valence-electron chi connectivity index (χ0n) is 14.4. The number of amides is 1. The first kappa shape index (κ1) is 18.1. The van der Waals surface area contributed by atoms with Gasteiger partial charge in [-0.2, -0.15) is 0 Å². The number of carbonyl (C=O) groups is 1. The second-order valence-corrected chi connectivity index (χ2v) is 7.69. The molecule has 0 aliphatic carbocycles. The van der Waals surface area contributed by atoms with E-state index in [1.807, 2.05) is 0 Å². The van der Waals surface area contributed by atoms with E-state index in [9.17, 15) is 17.6 Å². The zero-order chi connectivity index (χ0) is 19.1. The molecule has 0 saturated heterocycles. The van der Waals surface area contributed by atoms with E-state index in [1.165, 1.54) is 31.3 Å². The number of nitrogens with one attached hydrogen (secondary N) is 2. The van der Waals surface area contributed by atoms with Gasteiger partial charge in [0.05, 0.1) is 4.90 Å². The Labute approximate surface area is 150 Å². The number of carbonyl (C=O) groups excluding carboxylic acids is 1. The van der Waals surface area contributed by atoms with Crippen LogP contribution in [-0.4, -0.2) is 21.4 Å². The van der Waals surface area contributed by atoms with Crippen molar-refractivity contribution in [3.8, 4) is 0 Å². The number of hydrogen-bond acceptors (Lipinski definition) is 4. The Bertz CT molecular complexity index is 1120. The van der Waals surface area contributed by atoms with Crippen LogP contribution in [0.2, 0.25) is 0 Å². The number of furan rings is 1. The standard InChI is InChI=1S/C18H17FN2O4S/c1-10-4-6-13(9-16(10)26(23,24)20-3)21-18(22)17-11(2)14-8-12(19)5-7-15(14)25-17/h4-9,20H,1-3H3,(H,21,22). The maximum Gasteiger partial charge on any atom is 0.291 e. The minimum atomic E-state index is -3.65. The third kappa shape index (κ3) is 3.21. The molecule has 0 unspecified atom stereocenters. The summed E-state index contributed by atoms with van der Waals surface area (Å²) < 4.78 is 45.3. The largest absolute Gasteiger partial charge is 0.451 e. The summed E-state index contributed by atoms with van der Waals surface area (Å²) in [5.41, 5.74) is 1.76. The highest BCUT2D eigenvalue weighted by Gasteiger charge is 2.20. The van der Waals surface area contributed by atoms with E-state index in [4.69, 9.17) is 4.42 Å². The second kappa shape index (κ2) is 6.54. The number of benzene rings is 2. The monoisotopic (exact) mass is 376 g/mol. The Kier molecular flexibility index (Phi) is 4.55. The van der Waals surface area contributed by atoms with Crippen LogP contribution >= 0.6 is 0 Å². The van der Waals surface area contributed by atoms with Gasteiger partial charge < -0.3 is 9.73 Å². The van der Waals surface area contributed by atoms with E-state index in [0.29, 0.717) is 27.8 Å². The fourth-order valence-corrected chi connectivity index (χ4v) is 3.67. The summed E-state index contributed by atoms with van der Waals surface area (Å²) >= 11 is 0. The molecule has 3 rings (SSSR count). The second-order valence-electron chi connectivity index (χ2n) is 5.84. The first-order chi connectivity index (χ1) is 12.2. The molecule has 0 bridgehead atoms. The maximum absolute atomic E-state index is 13.4. The van der Waals surface area contributed by atoms with Crippen LogP contribution in [0.15, 0.2) is 45.7 Å². The Hall–Kier alpha value is -2.71. The van der Waals surface area contributed by atoms with Crippen LogP contribution < -0.4 is 10.0 Å².